The molecular weight excluding hydrogens is 306 g/mol. The summed E-state index contributed by atoms with van der Waals surface area (Å²) in [5, 5.41) is 11.4. The van der Waals surface area contributed by atoms with Crippen LogP contribution in [0.5, 0.6) is 0 Å². The molecule has 0 spiro atoms. The van der Waals surface area contributed by atoms with Gasteiger partial charge in [0.1, 0.15) is 0 Å². The molecule has 5 heteroatoms. The molecule has 0 radical (unpaired) electrons. The summed E-state index contributed by atoms with van der Waals surface area (Å²) >= 11 is 1.60. The number of anilines is 1. The molecule has 0 fully saturated rings. The van der Waals surface area contributed by atoms with Gasteiger partial charge < -0.3 is 5.32 Å². The number of hydrazone groups is 1. The van der Waals surface area contributed by atoms with Crippen molar-refractivity contribution < 1.29 is 4.79 Å². The lowest BCUT2D eigenvalue weighted by Crippen LogP contribution is -2.25. The Bertz CT molecular complexity index is 854. The van der Waals surface area contributed by atoms with E-state index in [0.29, 0.717) is 0 Å². The van der Waals surface area contributed by atoms with Crippen molar-refractivity contribution in [3.63, 3.8) is 0 Å². The first-order valence-electron chi connectivity index (χ1n) is 7.31. The minimum atomic E-state index is -0.177. The second-order valence-corrected chi connectivity index (χ2v) is 6.12. The van der Waals surface area contributed by atoms with Gasteiger partial charge in [0.05, 0.1) is 12.8 Å². The topological polar surface area (TPSA) is 53.5 Å². The number of aryl methyl sites for hydroxylation is 1. The third-order valence-corrected chi connectivity index (χ3v) is 4.43. The summed E-state index contributed by atoms with van der Waals surface area (Å²) in [6, 6.07) is 16.2. The van der Waals surface area contributed by atoms with Crippen molar-refractivity contribution in [2.24, 2.45) is 5.10 Å². The highest BCUT2D eigenvalue weighted by Crippen LogP contribution is 2.18. The fraction of sp³-hybridized carbons (Fsp3) is 0.111. The SMILES string of the molecule is Cc1ccsc1C=NNC(=O)CNc1ccc2ccccc2c1. The molecule has 0 saturated heterocycles. The molecule has 3 aromatic rings. The maximum absolute atomic E-state index is 11.8. The van der Waals surface area contributed by atoms with Crippen molar-refractivity contribution in [2.45, 2.75) is 6.92 Å². The quantitative estimate of drug-likeness (QED) is 0.555. The van der Waals surface area contributed by atoms with Crippen molar-refractivity contribution in [3.8, 4) is 0 Å². The van der Waals surface area contributed by atoms with E-state index in [1.807, 2.05) is 54.8 Å². The van der Waals surface area contributed by atoms with Crippen LogP contribution in [0.2, 0.25) is 0 Å². The molecule has 0 atom stereocenters. The van der Waals surface area contributed by atoms with Crippen molar-refractivity contribution in [1.82, 2.24) is 5.43 Å². The smallest absolute Gasteiger partial charge is 0.259 e. The van der Waals surface area contributed by atoms with Gasteiger partial charge in [0.2, 0.25) is 0 Å². The zero-order valence-corrected chi connectivity index (χ0v) is 13.6. The maximum Gasteiger partial charge on any atom is 0.259 e. The predicted octanol–water partition coefficient (Wildman–Crippen LogP) is 3.77. The van der Waals surface area contributed by atoms with E-state index in [1.165, 1.54) is 5.39 Å². The molecule has 0 bridgehead atoms. The summed E-state index contributed by atoms with van der Waals surface area (Å²) in [4.78, 5) is 12.9. The Morgan fingerprint density at radius 1 is 1.17 bits per heavy atom. The Morgan fingerprint density at radius 3 is 2.78 bits per heavy atom. The summed E-state index contributed by atoms with van der Waals surface area (Å²) < 4.78 is 0. The van der Waals surface area contributed by atoms with Crippen LogP contribution in [0.25, 0.3) is 10.8 Å². The van der Waals surface area contributed by atoms with Crippen LogP contribution in [0.3, 0.4) is 0 Å². The molecule has 1 amide bonds. The molecular formula is C18H17N3OS. The Hall–Kier alpha value is -2.66. The average Bonchev–Trinajstić information content (AvgIpc) is 2.98. The van der Waals surface area contributed by atoms with Gasteiger partial charge in [0, 0.05) is 10.6 Å². The molecule has 116 valence electrons. The number of thiophene rings is 1. The first-order chi connectivity index (χ1) is 11.2. The Labute approximate surface area is 138 Å². The molecule has 3 rings (SSSR count). The normalized spacial score (nSPS) is 11.0. The monoisotopic (exact) mass is 323 g/mol. The van der Waals surface area contributed by atoms with Crippen LogP contribution in [0.1, 0.15) is 10.4 Å². The van der Waals surface area contributed by atoms with Crippen molar-refractivity contribution in [1.29, 1.82) is 0 Å². The number of amides is 1. The molecule has 1 heterocycles. The Morgan fingerprint density at radius 2 is 2.00 bits per heavy atom. The fourth-order valence-corrected chi connectivity index (χ4v) is 2.99. The number of benzene rings is 2. The van der Waals surface area contributed by atoms with Gasteiger partial charge in [-0.25, -0.2) is 5.43 Å². The summed E-state index contributed by atoms with van der Waals surface area (Å²) in [6.45, 7) is 2.19. The second-order valence-electron chi connectivity index (χ2n) is 5.18. The lowest BCUT2D eigenvalue weighted by molar-refractivity contribution is -0.119. The van der Waals surface area contributed by atoms with Gasteiger partial charge in [-0.05, 0) is 46.8 Å². The first-order valence-corrected chi connectivity index (χ1v) is 8.19. The largest absolute Gasteiger partial charge is 0.376 e. The van der Waals surface area contributed by atoms with Crippen molar-refractivity contribution in [2.75, 3.05) is 11.9 Å². The zero-order chi connectivity index (χ0) is 16.1. The Balaban J connectivity index is 1.53. The third-order valence-electron chi connectivity index (χ3n) is 3.48. The summed E-state index contributed by atoms with van der Waals surface area (Å²) in [7, 11) is 0. The number of nitrogens with zero attached hydrogens (tertiary/aromatic N) is 1. The summed E-state index contributed by atoms with van der Waals surface area (Å²) in [5.74, 6) is -0.177. The number of nitrogens with one attached hydrogen (secondary N) is 2. The van der Waals surface area contributed by atoms with Gasteiger partial charge in [-0.1, -0.05) is 30.3 Å². The van der Waals surface area contributed by atoms with Crippen LogP contribution in [0.4, 0.5) is 5.69 Å². The van der Waals surface area contributed by atoms with E-state index in [9.17, 15) is 4.79 Å². The van der Waals surface area contributed by atoms with Gasteiger partial charge in [0.25, 0.3) is 5.91 Å². The number of hydrogen-bond donors (Lipinski definition) is 2. The predicted molar refractivity (Wildman–Crippen MR) is 97.2 cm³/mol. The van der Waals surface area contributed by atoms with Gasteiger partial charge in [-0.2, -0.15) is 5.10 Å². The highest BCUT2D eigenvalue weighted by atomic mass is 32.1. The summed E-state index contributed by atoms with van der Waals surface area (Å²) in [5.41, 5.74) is 4.60. The number of hydrogen-bond acceptors (Lipinski definition) is 4. The molecule has 0 aliphatic heterocycles. The molecule has 0 aliphatic carbocycles. The molecule has 23 heavy (non-hydrogen) atoms. The fourth-order valence-electron chi connectivity index (χ4n) is 2.20. The van der Waals surface area contributed by atoms with Gasteiger partial charge in [-0.3, -0.25) is 4.79 Å². The van der Waals surface area contributed by atoms with E-state index in [0.717, 1.165) is 21.5 Å². The lowest BCUT2D eigenvalue weighted by Gasteiger charge is -2.06. The first kappa shape index (κ1) is 15.2. The van der Waals surface area contributed by atoms with Crippen LogP contribution in [-0.4, -0.2) is 18.7 Å². The van der Waals surface area contributed by atoms with Crippen LogP contribution >= 0.6 is 11.3 Å². The van der Waals surface area contributed by atoms with E-state index < -0.39 is 0 Å². The average molecular weight is 323 g/mol. The van der Waals surface area contributed by atoms with E-state index in [4.69, 9.17) is 0 Å². The van der Waals surface area contributed by atoms with Crippen LogP contribution in [0.15, 0.2) is 59.0 Å². The van der Waals surface area contributed by atoms with E-state index >= 15 is 0 Å². The van der Waals surface area contributed by atoms with Crippen LogP contribution in [-0.2, 0) is 4.79 Å². The lowest BCUT2D eigenvalue weighted by atomic mass is 10.1. The maximum atomic E-state index is 11.8. The minimum Gasteiger partial charge on any atom is -0.376 e. The second kappa shape index (κ2) is 7.07. The molecule has 4 nitrogen and oxygen atoms in total. The van der Waals surface area contributed by atoms with Crippen LogP contribution in [0, 0.1) is 6.92 Å². The number of carbonyl (C=O) groups is 1. The molecule has 0 unspecified atom stereocenters. The molecule has 0 aliphatic rings. The highest BCUT2D eigenvalue weighted by molar-refractivity contribution is 7.11. The molecule has 0 saturated carbocycles. The third kappa shape index (κ3) is 3.96. The van der Waals surface area contributed by atoms with Crippen molar-refractivity contribution >= 4 is 39.9 Å². The van der Waals surface area contributed by atoms with E-state index in [2.05, 4.69) is 21.9 Å². The number of carbonyl (C=O) groups excluding carboxylic acids is 1. The van der Waals surface area contributed by atoms with E-state index in [1.54, 1.807) is 17.6 Å². The molecule has 1 aromatic heterocycles. The highest BCUT2D eigenvalue weighted by Gasteiger charge is 2.01. The minimum absolute atomic E-state index is 0.177. The van der Waals surface area contributed by atoms with E-state index in [-0.39, 0.29) is 12.5 Å². The number of fused-ring (bicyclic) bond motifs is 1. The molecule has 2 N–H and O–H groups in total. The number of rotatable bonds is 5. The zero-order valence-electron chi connectivity index (χ0n) is 12.7. The van der Waals surface area contributed by atoms with Gasteiger partial charge in [0.15, 0.2) is 0 Å². The molecule has 2 aromatic carbocycles. The van der Waals surface area contributed by atoms with Crippen LogP contribution < -0.4 is 10.7 Å². The standard InChI is InChI=1S/C18H17N3OS/c1-13-8-9-23-17(13)11-20-21-18(22)12-19-16-7-6-14-4-2-3-5-15(14)10-16/h2-11,19H,12H2,1H3,(H,21,22). The Kier molecular flexibility index (Phi) is 4.68. The van der Waals surface area contributed by atoms with Crippen molar-refractivity contribution in [3.05, 3.63) is 64.4 Å². The summed E-state index contributed by atoms with van der Waals surface area (Å²) in [6.07, 6.45) is 1.67. The van der Waals surface area contributed by atoms with Gasteiger partial charge >= 0.3 is 0 Å². The van der Waals surface area contributed by atoms with Gasteiger partial charge in [-0.15, -0.1) is 11.3 Å².